The third-order valence-electron chi connectivity index (χ3n) is 6.59. The molecular weight excluding hydrogens is 526 g/mol. The molecule has 0 saturated carbocycles. The van der Waals surface area contributed by atoms with Gasteiger partial charge < -0.3 is 25.8 Å². The van der Waals surface area contributed by atoms with Gasteiger partial charge in [-0.3, -0.25) is 19.8 Å². The molecule has 3 aromatic carbocycles. The zero-order chi connectivity index (χ0) is 29.7. The standard InChI is InChI=1S/C30H31N5O6/c1-4-41-29(35-27(37)22-12-5-17(2)13-23(22)28(35)38)26(36)34-16-21-11-10-20(25(31)32)14-24(21)33-15-18-6-8-19(9-7-18)30(39)40-3/h5-14,29,33H,4,15-16H2,1-3H3,(H3,31,32)(H,34,36). The molecule has 11 heteroatoms. The number of benzene rings is 3. The van der Waals surface area contributed by atoms with Crippen molar-refractivity contribution < 1.29 is 28.7 Å². The van der Waals surface area contributed by atoms with Gasteiger partial charge in [-0.2, -0.15) is 0 Å². The molecule has 212 valence electrons. The number of amides is 3. The van der Waals surface area contributed by atoms with Crippen molar-refractivity contribution in [2.24, 2.45) is 5.73 Å². The van der Waals surface area contributed by atoms with Gasteiger partial charge in [0.25, 0.3) is 17.7 Å². The van der Waals surface area contributed by atoms with Crippen LogP contribution in [0, 0.1) is 12.3 Å². The lowest BCUT2D eigenvalue weighted by atomic mass is 10.1. The Morgan fingerprint density at radius 1 is 0.951 bits per heavy atom. The number of hydrogen-bond acceptors (Lipinski definition) is 8. The van der Waals surface area contributed by atoms with Crippen molar-refractivity contribution in [2.75, 3.05) is 19.0 Å². The van der Waals surface area contributed by atoms with Crippen molar-refractivity contribution in [3.8, 4) is 0 Å². The molecule has 3 aromatic rings. The second kappa shape index (κ2) is 12.4. The SMILES string of the molecule is CCOC(C(=O)NCc1ccc(C(=N)N)cc1NCc1ccc(C(=O)OC)cc1)N1C(=O)c2ccc(C)cc2C1=O. The fourth-order valence-electron chi connectivity index (χ4n) is 4.42. The Balaban J connectivity index is 1.50. The van der Waals surface area contributed by atoms with E-state index in [1.807, 2.05) is 6.92 Å². The van der Waals surface area contributed by atoms with E-state index in [-0.39, 0.29) is 30.1 Å². The molecule has 1 unspecified atom stereocenters. The molecule has 0 radical (unpaired) electrons. The summed E-state index contributed by atoms with van der Waals surface area (Å²) in [5.41, 5.74) is 10.0. The Kier molecular flexibility index (Phi) is 8.78. The highest BCUT2D eigenvalue weighted by Crippen LogP contribution is 2.27. The van der Waals surface area contributed by atoms with Crippen LogP contribution in [0.25, 0.3) is 0 Å². The molecule has 0 aromatic heterocycles. The summed E-state index contributed by atoms with van der Waals surface area (Å²) in [6.45, 7) is 3.99. The summed E-state index contributed by atoms with van der Waals surface area (Å²) in [7, 11) is 1.32. The van der Waals surface area contributed by atoms with Crippen LogP contribution in [0.2, 0.25) is 0 Å². The Bertz CT molecular complexity index is 1520. The second-order valence-corrected chi connectivity index (χ2v) is 9.38. The smallest absolute Gasteiger partial charge is 0.337 e. The summed E-state index contributed by atoms with van der Waals surface area (Å²) < 4.78 is 10.3. The first-order valence-corrected chi connectivity index (χ1v) is 12.9. The zero-order valence-electron chi connectivity index (χ0n) is 22.9. The maximum Gasteiger partial charge on any atom is 0.337 e. The summed E-state index contributed by atoms with van der Waals surface area (Å²) in [5, 5.41) is 13.9. The molecule has 5 N–H and O–H groups in total. The van der Waals surface area contributed by atoms with Gasteiger partial charge in [-0.05, 0) is 55.3 Å². The van der Waals surface area contributed by atoms with E-state index in [0.29, 0.717) is 28.9 Å². The van der Waals surface area contributed by atoms with Crippen molar-refractivity contribution in [3.63, 3.8) is 0 Å². The number of hydrogen-bond donors (Lipinski definition) is 4. The highest BCUT2D eigenvalue weighted by molar-refractivity contribution is 6.22. The number of amidine groups is 1. The molecule has 11 nitrogen and oxygen atoms in total. The van der Waals surface area contributed by atoms with E-state index < -0.39 is 29.9 Å². The number of aryl methyl sites for hydroxylation is 1. The van der Waals surface area contributed by atoms with Gasteiger partial charge in [0.1, 0.15) is 5.84 Å². The number of nitrogens with zero attached hydrogens (tertiary/aromatic N) is 1. The molecule has 3 amide bonds. The fourth-order valence-corrected chi connectivity index (χ4v) is 4.42. The number of nitrogens with two attached hydrogens (primary N) is 1. The maximum atomic E-state index is 13.3. The van der Waals surface area contributed by atoms with Gasteiger partial charge in [0.05, 0.1) is 23.8 Å². The third-order valence-corrected chi connectivity index (χ3v) is 6.59. The van der Waals surface area contributed by atoms with Gasteiger partial charge in [0.15, 0.2) is 0 Å². The lowest BCUT2D eigenvalue weighted by Gasteiger charge is -2.25. The minimum Gasteiger partial charge on any atom is -0.465 e. The molecule has 41 heavy (non-hydrogen) atoms. The molecule has 4 rings (SSSR count). The number of nitrogen functional groups attached to an aromatic ring is 1. The summed E-state index contributed by atoms with van der Waals surface area (Å²) in [4.78, 5) is 52.0. The summed E-state index contributed by atoms with van der Waals surface area (Å²) in [6, 6.07) is 16.9. The summed E-state index contributed by atoms with van der Waals surface area (Å²) >= 11 is 0. The van der Waals surface area contributed by atoms with Crippen LogP contribution in [0.15, 0.2) is 60.7 Å². The highest BCUT2D eigenvalue weighted by atomic mass is 16.5. The van der Waals surface area contributed by atoms with Crippen LogP contribution in [-0.4, -0.2) is 54.4 Å². The predicted molar refractivity (Wildman–Crippen MR) is 152 cm³/mol. The lowest BCUT2D eigenvalue weighted by molar-refractivity contribution is -0.140. The van der Waals surface area contributed by atoms with Crippen molar-refractivity contribution in [2.45, 2.75) is 33.2 Å². The Hall–Kier alpha value is -5.03. The van der Waals surface area contributed by atoms with Gasteiger partial charge in [-0.1, -0.05) is 35.9 Å². The average molecular weight is 558 g/mol. The minimum absolute atomic E-state index is 0.0342. The molecule has 0 saturated heterocycles. The van der Waals surface area contributed by atoms with Gasteiger partial charge in [0, 0.05) is 30.9 Å². The number of fused-ring (bicyclic) bond motifs is 1. The third kappa shape index (κ3) is 6.25. The second-order valence-electron chi connectivity index (χ2n) is 9.38. The summed E-state index contributed by atoms with van der Waals surface area (Å²) in [6.07, 6.45) is -1.45. The van der Waals surface area contributed by atoms with Crippen molar-refractivity contribution in [1.82, 2.24) is 10.2 Å². The van der Waals surface area contributed by atoms with E-state index in [1.54, 1.807) is 67.6 Å². The number of methoxy groups -OCH3 is 1. The quantitative estimate of drug-likeness (QED) is 0.121. The van der Waals surface area contributed by atoms with E-state index in [4.69, 9.17) is 20.6 Å². The van der Waals surface area contributed by atoms with E-state index in [1.165, 1.54) is 7.11 Å². The van der Waals surface area contributed by atoms with Crippen molar-refractivity contribution in [3.05, 3.63) is 99.6 Å². The van der Waals surface area contributed by atoms with E-state index in [2.05, 4.69) is 10.6 Å². The average Bonchev–Trinajstić information content (AvgIpc) is 3.21. The number of nitrogens with one attached hydrogen (secondary N) is 3. The van der Waals surface area contributed by atoms with Crippen LogP contribution < -0.4 is 16.4 Å². The Labute approximate surface area is 237 Å². The summed E-state index contributed by atoms with van der Waals surface area (Å²) in [5.74, 6) is -2.39. The number of carbonyl (C=O) groups excluding carboxylic acids is 4. The van der Waals surface area contributed by atoms with Gasteiger partial charge in [-0.15, -0.1) is 0 Å². The molecule has 1 atom stereocenters. The number of esters is 1. The first-order chi connectivity index (χ1) is 19.6. The number of ether oxygens (including phenoxy) is 2. The predicted octanol–water partition coefficient (Wildman–Crippen LogP) is 2.95. The molecule has 0 spiro atoms. The van der Waals surface area contributed by atoms with Gasteiger partial charge >= 0.3 is 5.97 Å². The monoisotopic (exact) mass is 557 g/mol. The Morgan fingerprint density at radius 2 is 1.63 bits per heavy atom. The molecule has 1 heterocycles. The number of imide groups is 1. The molecule has 1 aliphatic heterocycles. The molecule has 1 aliphatic rings. The number of rotatable bonds is 11. The zero-order valence-corrected chi connectivity index (χ0v) is 22.9. The molecule has 0 fully saturated rings. The van der Waals surface area contributed by atoms with E-state index in [9.17, 15) is 19.2 Å². The molecule has 0 aliphatic carbocycles. The van der Waals surface area contributed by atoms with Crippen LogP contribution >= 0.6 is 0 Å². The van der Waals surface area contributed by atoms with E-state index >= 15 is 0 Å². The fraction of sp³-hybridized carbons (Fsp3) is 0.233. The normalized spacial score (nSPS) is 13.0. The van der Waals surface area contributed by atoms with Crippen molar-refractivity contribution >= 4 is 35.2 Å². The van der Waals surface area contributed by atoms with Crippen LogP contribution in [0.5, 0.6) is 0 Å². The van der Waals surface area contributed by atoms with Gasteiger partial charge in [0.2, 0.25) is 6.23 Å². The van der Waals surface area contributed by atoms with E-state index in [0.717, 1.165) is 16.0 Å². The first-order valence-electron chi connectivity index (χ1n) is 12.9. The van der Waals surface area contributed by atoms with Crippen LogP contribution in [0.3, 0.4) is 0 Å². The Morgan fingerprint density at radius 3 is 2.29 bits per heavy atom. The number of anilines is 1. The first kappa shape index (κ1) is 29.0. The van der Waals surface area contributed by atoms with Crippen LogP contribution in [0.1, 0.15) is 60.3 Å². The number of carbonyl (C=O) groups is 4. The maximum absolute atomic E-state index is 13.3. The van der Waals surface area contributed by atoms with Gasteiger partial charge in [-0.25, -0.2) is 9.69 Å². The highest BCUT2D eigenvalue weighted by Gasteiger charge is 2.43. The topological polar surface area (TPSA) is 164 Å². The van der Waals surface area contributed by atoms with Crippen LogP contribution in [-0.2, 0) is 27.4 Å². The lowest BCUT2D eigenvalue weighted by Crippen LogP contribution is -2.51. The molecular formula is C30H31N5O6. The minimum atomic E-state index is -1.45. The van der Waals surface area contributed by atoms with Crippen LogP contribution in [0.4, 0.5) is 5.69 Å². The van der Waals surface area contributed by atoms with Crippen molar-refractivity contribution in [1.29, 1.82) is 5.41 Å². The molecule has 0 bridgehead atoms. The largest absolute Gasteiger partial charge is 0.465 e.